The van der Waals surface area contributed by atoms with Crippen molar-refractivity contribution < 1.29 is 13.2 Å². The minimum absolute atomic E-state index is 0.104. The number of nitrogens with two attached hydrogens (primary N) is 1. The largest absolute Gasteiger partial charge is 0.351 e. The summed E-state index contributed by atoms with van der Waals surface area (Å²) in [5.41, 5.74) is 0.370. The lowest BCUT2D eigenvalue weighted by atomic mass is 9.83. The number of hydrogen-bond donors (Lipinski definition) is 3. The number of amides is 1. The van der Waals surface area contributed by atoms with Crippen LogP contribution in [0.15, 0.2) is 4.90 Å². The van der Waals surface area contributed by atoms with Gasteiger partial charge in [0.2, 0.25) is 10.0 Å². The highest BCUT2D eigenvalue weighted by molar-refractivity contribution is 7.89. The molecule has 21 heavy (non-hydrogen) atoms. The molecule has 0 saturated heterocycles. The zero-order valence-corrected chi connectivity index (χ0v) is 12.6. The van der Waals surface area contributed by atoms with Crippen molar-refractivity contribution in [2.75, 3.05) is 6.54 Å². The maximum atomic E-state index is 12.1. The van der Waals surface area contributed by atoms with Crippen LogP contribution in [0.2, 0.25) is 0 Å². The monoisotopic (exact) mass is 312 g/mol. The van der Waals surface area contributed by atoms with Crippen molar-refractivity contribution in [2.24, 2.45) is 11.1 Å². The number of hydrogen-bond acceptors (Lipinski definition) is 4. The summed E-state index contributed by atoms with van der Waals surface area (Å²) in [5, 5.41) is 14.5. The van der Waals surface area contributed by atoms with Crippen LogP contribution in [-0.4, -0.2) is 31.1 Å². The number of nitrogens with zero attached hydrogens (tertiary/aromatic N) is 1. The number of rotatable bonds is 6. The predicted molar refractivity (Wildman–Crippen MR) is 76.2 cm³/mol. The van der Waals surface area contributed by atoms with Gasteiger partial charge >= 0.3 is 0 Å². The minimum atomic E-state index is -3.96. The molecule has 2 fully saturated rings. The Morgan fingerprint density at radius 3 is 2.57 bits per heavy atom. The van der Waals surface area contributed by atoms with Gasteiger partial charge in [-0.1, -0.05) is 19.3 Å². The normalized spacial score (nSPS) is 19.3. The van der Waals surface area contributed by atoms with E-state index in [0.29, 0.717) is 18.2 Å². The van der Waals surface area contributed by atoms with E-state index in [2.05, 4.69) is 15.5 Å². The van der Waals surface area contributed by atoms with Gasteiger partial charge in [-0.25, -0.2) is 13.6 Å². The highest BCUT2D eigenvalue weighted by atomic mass is 32.2. The van der Waals surface area contributed by atoms with E-state index in [1.807, 2.05) is 0 Å². The van der Waals surface area contributed by atoms with Gasteiger partial charge in [-0.15, -0.1) is 0 Å². The first-order chi connectivity index (χ1) is 9.97. The first-order valence-corrected chi connectivity index (χ1v) is 8.90. The molecule has 2 aliphatic carbocycles. The number of carbonyl (C=O) groups is 1. The van der Waals surface area contributed by atoms with Crippen LogP contribution >= 0.6 is 0 Å². The lowest BCUT2D eigenvalue weighted by Gasteiger charge is -2.25. The molecule has 3 rings (SSSR count). The molecule has 0 bridgehead atoms. The van der Waals surface area contributed by atoms with Crippen molar-refractivity contribution in [1.82, 2.24) is 15.5 Å². The molecule has 2 aliphatic rings. The van der Waals surface area contributed by atoms with E-state index in [4.69, 9.17) is 5.14 Å². The topological polar surface area (TPSA) is 118 Å². The van der Waals surface area contributed by atoms with Gasteiger partial charge in [0, 0.05) is 12.5 Å². The zero-order valence-electron chi connectivity index (χ0n) is 11.8. The van der Waals surface area contributed by atoms with Crippen molar-refractivity contribution in [3.63, 3.8) is 0 Å². The van der Waals surface area contributed by atoms with Crippen LogP contribution in [0.25, 0.3) is 0 Å². The molecule has 2 saturated carbocycles. The second kappa shape index (κ2) is 5.42. The summed E-state index contributed by atoms with van der Waals surface area (Å²) in [7, 11) is -3.96. The average Bonchev–Trinajstić information content (AvgIpc) is 3.09. The molecule has 8 heteroatoms. The Hall–Kier alpha value is -1.41. The van der Waals surface area contributed by atoms with Crippen LogP contribution in [-0.2, 0) is 10.0 Å². The average molecular weight is 312 g/mol. The molecule has 0 atom stereocenters. The highest BCUT2D eigenvalue weighted by Crippen LogP contribution is 2.42. The molecule has 1 aromatic rings. The molecule has 0 spiro atoms. The van der Waals surface area contributed by atoms with E-state index < -0.39 is 15.9 Å². The van der Waals surface area contributed by atoms with Crippen molar-refractivity contribution in [3.05, 3.63) is 11.4 Å². The predicted octanol–water partition coefficient (Wildman–Crippen LogP) is 0.854. The number of aromatic nitrogens is 2. The van der Waals surface area contributed by atoms with E-state index in [-0.39, 0.29) is 16.5 Å². The summed E-state index contributed by atoms with van der Waals surface area (Å²) >= 11 is 0. The van der Waals surface area contributed by atoms with Gasteiger partial charge in [0.05, 0.1) is 5.69 Å². The second-order valence-corrected chi connectivity index (χ2v) is 7.47. The molecule has 0 aromatic carbocycles. The standard InChI is InChI=1S/C13H20N4O3S/c14-21(19,20)12-10(9-4-5-9)16-17-11(12)13(18)15-7-6-8-2-1-3-8/h8-9H,1-7H2,(H,15,18)(H,16,17)(H2,14,19,20). The fourth-order valence-electron chi connectivity index (χ4n) is 2.69. The number of H-pyrrole nitrogens is 1. The smallest absolute Gasteiger partial charge is 0.273 e. The first-order valence-electron chi connectivity index (χ1n) is 7.36. The Morgan fingerprint density at radius 2 is 2.05 bits per heavy atom. The maximum Gasteiger partial charge on any atom is 0.273 e. The van der Waals surface area contributed by atoms with Gasteiger partial charge in [-0.2, -0.15) is 5.10 Å². The van der Waals surface area contributed by atoms with Gasteiger partial charge in [0.25, 0.3) is 5.91 Å². The number of aromatic amines is 1. The van der Waals surface area contributed by atoms with Gasteiger partial charge < -0.3 is 5.32 Å². The second-order valence-electron chi connectivity index (χ2n) is 5.98. The van der Waals surface area contributed by atoms with Gasteiger partial charge in [-0.3, -0.25) is 9.89 Å². The van der Waals surface area contributed by atoms with Crippen LogP contribution in [0.1, 0.15) is 60.6 Å². The third-order valence-corrected chi connectivity index (χ3v) is 5.28. The Labute approximate surface area is 123 Å². The molecule has 7 nitrogen and oxygen atoms in total. The Bertz CT molecular complexity index is 644. The van der Waals surface area contributed by atoms with Crippen LogP contribution in [0.5, 0.6) is 0 Å². The summed E-state index contributed by atoms with van der Waals surface area (Å²) in [6.45, 7) is 0.541. The van der Waals surface area contributed by atoms with E-state index in [1.165, 1.54) is 19.3 Å². The van der Waals surface area contributed by atoms with Crippen molar-refractivity contribution in [3.8, 4) is 0 Å². The summed E-state index contributed by atoms with van der Waals surface area (Å²) in [6.07, 6.45) is 6.41. The van der Waals surface area contributed by atoms with Crippen molar-refractivity contribution >= 4 is 15.9 Å². The molecular formula is C13H20N4O3S. The molecule has 0 aliphatic heterocycles. The molecule has 0 unspecified atom stereocenters. The summed E-state index contributed by atoms with van der Waals surface area (Å²) < 4.78 is 23.5. The SMILES string of the molecule is NS(=O)(=O)c1c(C(=O)NCCC2CCC2)n[nH]c1C1CC1. The molecule has 0 radical (unpaired) electrons. The Morgan fingerprint density at radius 1 is 1.33 bits per heavy atom. The summed E-state index contributed by atoms with van der Waals surface area (Å²) in [6, 6.07) is 0. The molecule has 4 N–H and O–H groups in total. The molecule has 1 amide bonds. The van der Waals surface area contributed by atoms with Gasteiger partial charge in [-0.05, 0) is 25.2 Å². The van der Waals surface area contributed by atoms with Gasteiger partial charge in [0.1, 0.15) is 4.90 Å². The molecule has 116 valence electrons. The van der Waals surface area contributed by atoms with Crippen molar-refractivity contribution in [1.29, 1.82) is 0 Å². The van der Waals surface area contributed by atoms with Crippen LogP contribution in [0, 0.1) is 5.92 Å². The van der Waals surface area contributed by atoms with Crippen LogP contribution in [0.3, 0.4) is 0 Å². The lowest BCUT2D eigenvalue weighted by molar-refractivity contribution is 0.0940. The van der Waals surface area contributed by atoms with Crippen LogP contribution < -0.4 is 10.5 Å². The van der Waals surface area contributed by atoms with E-state index >= 15 is 0 Å². The van der Waals surface area contributed by atoms with Crippen LogP contribution in [0.4, 0.5) is 0 Å². The number of sulfonamides is 1. The van der Waals surface area contributed by atoms with Gasteiger partial charge in [0.15, 0.2) is 5.69 Å². The third kappa shape index (κ3) is 3.11. The fraction of sp³-hybridized carbons (Fsp3) is 0.692. The lowest BCUT2D eigenvalue weighted by Crippen LogP contribution is -2.29. The summed E-state index contributed by atoms with van der Waals surface area (Å²) in [5.74, 6) is 0.341. The van der Waals surface area contributed by atoms with E-state index in [0.717, 1.165) is 19.3 Å². The highest BCUT2D eigenvalue weighted by Gasteiger charge is 2.35. The zero-order chi connectivity index (χ0) is 15.0. The van der Waals surface area contributed by atoms with Crippen molar-refractivity contribution in [2.45, 2.75) is 49.3 Å². The number of carbonyl (C=O) groups excluding carboxylic acids is 1. The molecule has 1 heterocycles. The quantitative estimate of drug-likeness (QED) is 0.721. The molecule has 1 aromatic heterocycles. The minimum Gasteiger partial charge on any atom is -0.351 e. The Kier molecular flexibility index (Phi) is 3.75. The summed E-state index contributed by atoms with van der Waals surface area (Å²) in [4.78, 5) is 12.0. The Balaban J connectivity index is 1.72. The molecular weight excluding hydrogens is 292 g/mol. The number of nitrogens with one attached hydrogen (secondary N) is 2. The van der Waals surface area contributed by atoms with E-state index in [9.17, 15) is 13.2 Å². The third-order valence-electron chi connectivity index (χ3n) is 4.30. The van der Waals surface area contributed by atoms with E-state index in [1.54, 1.807) is 0 Å². The maximum absolute atomic E-state index is 12.1. The number of primary sulfonamides is 1. The fourth-order valence-corrected chi connectivity index (χ4v) is 3.62. The first kappa shape index (κ1) is 14.5.